The smallest absolute Gasteiger partial charge is 0.134 e. The first kappa shape index (κ1) is 12.5. The molecule has 2 N–H and O–H groups in total. The molecule has 1 nitrogen and oxygen atoms in total. The SMILES string of the molecule is CCC1CCC(N)(c2c(F)ccc(C)c2F)C1. The summed E-state index contributed by atoms with van der Waals surface area (Å²) in [7, 11) is 0. The van der Waals surface area contributed by atoms with Crippen LogP contribution < -0.4 is 5.73 Å². The molecule has 3 heteroatoms. The molecule has 1 aliphatic carbocycles. The van der Waals surface area contributed by atoms with Crippen molar-refractivity contribution in [2.45, 2.75) is 45.1 Å². The Bertz CT molecular complexity index is 430. The van der Waals surface area contributed by atoms with Gasteiger partial charge in [-0.25, -0.2) is 8.78 Å². The zero-order chi connectivity index (χ0) is 12.6. The summed E-state index contributed by atoms with van der Waals surface area (Å²) in [4.78, 5) is 0. The molecule has 1 aliphatic rings. The van der Waals surface area contributed by atoms with Crippen LogP contribution in [0.1, 0.15) is 43.7 Å². The van der Waals surface area contributed by atoms with Crippen LogP contribution in [0.15, 0.2) is 12.1 Å². The molecule has 1 aromatic rings. The monoisotopic (exact) mass is 239 g/mol. The van der Waals surface area contributed by atoms with Gasteiger partial charge in [0, 0.05) is 11.1 Å². The first-order valence-electron chi connectivity index (χ1n) is 6.22. The normalized spacial score (nSPS) is 28.6. The number of aryl methyl sites for hydroxylation is 1. The van der Waals surface area contributed by atoms with Gasteiger partial charge in [0.05, 0.1) is 0 Å². The molecule has 1 fully saturated rings. The van der Waals surface area contributed by atoms with Gasteiger partial charge in [-0.3, -0.25) is 0 Å². The number of halogens is 2. The minimum atomic E-state index is -0.819. The van der Waals surface area contributed by atoms with E-state index in [4.69, 9.17) is 5.73 Å². The van der Waals surface area contributed by atoms with Crippen LogP contribution in [0.2, 0.25) is 0 Å². The van der Waals surface area contributed by atoms with Gasteiger partial charge >= 0.3 is 0 Å². The Morgan fingerprint density at radius 2 is 2.12 bits per heavy atom. The van der Waals surface area contributed by atoms with Crippen LogP contribution in [0.3, 0.4) is 0 Å². The molecule has 17 heavy (non-hydrogen) atoms. The van der Waals surface area contributed by atoms with Crippen molar-refractivity contribution in [1.82, 2.24) is 0 Å². The highest BCUT2D eigenvalue weighted by Crippen LogP contribution is 2.43. The minimum Gasteiger partial charge on any atom is -0.321 e. The van der Waals surface area contributed by atoms with Gasteiger partial charge in [0.15, 0.2) is 0 Å². The van der Waals surface area contributed by atoms with Crippen LogP contribution in [0.25, 0.3) is 0 Å². The lowest BCUT2D eigenvalue weighted by Gasteiger charge is -2.26. The fourth-order valence-electron chi connectivity index (χ4n) is 2.87. The fourth-order valence-corrected chi connectivity index (χ4v) is 2.87. The quantitative estimate of drug-likeness (QED) is 0.837. The lowest BCUT2D eigenvalue weighted by Crippen LogP contribution is -2.36. The molecule has 1 aromatic carbocycles. The zero-order valence-electron chi connectivity index (χ0n) is 10.4. The van der Waals surface area contributed by atoms with E-state index in [-0.39, 0.29) is 5.56 Å². The first-order valence-corrected chi connectivity index (χ1v) is 6.22. The van der Waals surface area contributed by atoms with E-state index in [1.165, 1.54) is 12.1 Å². The molecular formula is C14H19F2N. The molecule has 0 spiro atoms. The Morgan fingerprint density at radius 3 is 2.71 bits per heavy atom. The molecule has 0 bridgehead atoms. The molecule has 2 atom stereocenters. The summed E-state index contributed by atoms with van der Waals surface area (Å²) >= 11 is 0. The van der Waals surface area contributed by atoms with Gasteiger partial charge in [-0.05, 0) is 43.7 Å². The van der Waals surface area contributed by atoms with Gasteiger partial charge < -0.3 is 5.73 Å². The highest BCUT2D eigenvalue weighted by atomic mass is 19.1. The first-order chi connectivity index (χ1) is 7.98. The maximum absolute atomic E-state index is 14.1. The maximum Gasteiger partial charge on any atom is 0.134 e. The van der Waals surface area contributed by atoms with E-state index in [0.717, 1.165) is 12.8 Å². The van der Waals surface area contributed by atoms with Gasteiger partial charge in [-0.2, -0.15) is 0 Å². The summed E-state index contributed by atoms with van der Waals surface area (Å²) in [5.41, 5.74) is 5.97. The third kappa shape index (κ3) is 2.08. The van der Waals surface area contributed by atoms with Crippen LogP contribution >= 0.6 is 0 Å². The van der Waals surface area contributed by atoms with E-state index in [0.29, 0.717) is 24.3 Å². The lowest BCUT2D eigenvalue weighted by atomic mass is 9.86. The second-order valence-corrected chi connectivity index (χ2v) is 5.23. The Hall–Kier alpha value is -0.960. The average Bonchev–Trinajstić information content (AvgIpc) is 2.67. The molecule has 0 heterocycles. The molecule has 0 aliphatic heterocycles. The molecular weight excluding hydrogens is 220 g/mol. The Balaban J connectivity index is 2.44. The van der Waals surface area contributed by atoms with Crippen LogP contribution in [0.5, 0.6) is 0 Å². The summed E-state index contributed by atoms with van der Waals surface area (Å²) in [5, 5.41) is 0. The summed E-state index contributed by atoms with van der Waals surface area (Å²) in [6, 6.07) is 2.78. The van der Waals surface area contributed by atoms with E-state index in [2.05, 4.69) is 6.92 Å². The van der Waals surface area contributed by atoms with Gasteiger partial charge in [-0.1, -0.05) is 19.4 Å². The Labute approximate surface area is 101 Å². The standard InChI is InChI=1S/C14H19F2N/c1-3-10-6-7-14(17,8-10)12-11(15)5-4-9(2)13(12)16/h4-5,10H,3,6-8,17H2,1-2H3. The number of nitrogens with two attached hydrogens (primary N) is 1. The molecule has 0 radical (unpaired) electrons. The molecule has 0 amide bonds. The van der Waals surface area contributed by atoms with E-state index >= 15 is 0 Å². The van der Waals surface area contributed by atoms with Crippen molar-refractivity contribution in [1.29, 1.82) is 0 Å². The third-order valence-electron chi connectivity index (χ3n) is 4.01. The number of rotatable bonds is 2. The van der Waals surface area contributed by atoms with Crippen LogP contribution in [0, 0.1) is 24.5 Å². The van der Waals surface area contributed by atoms with Gasteiger partial charge in [0.1, 0.15) is 11.6 Å². The molecule has 0 aromatic heterocycles. The number of benzene rings is 1. The summed E-state index contributed by atoms with van der Waals surface area (Å²) in [6.07, 6.45) is 3.33. The molecule has 1 saturated carbocycles. The lowest BCUT2D eigenvalue weighted by molar-refractivity contribution is 0.383. The topological polar surface area (TPSA) is 26.0 Å². The Morgan fingerprint density at radius 1 is 1.41 bits per heavy atom. The van der Waals surface area contributed by atoms with Gasteiger partial charge in [-0.15, -0.1) is 0 Å². The van der Waals surface area contributed by atoms with Crippen molar-refractivity contribution in [2.24, 2.45) is 11.7 Å². The molecule has 0 saturated heterocycles. The molecule has 2 rings (SSSR count). The van der Waals surface area contributed by atoms with Gasteiger partial charge in [0.25, 0.3) is 0 Å². The average molecular weight is 239 g/mol. The highest BCUT2D eigenvalue weighted by Gasteiger charge is 2.40. The largest absolute Gasteiger partial charge is 0.321 e. The van der Waals surface area contributed by atoms with Crippen molar-refractivity contribution in [3.63, 3.8) is 0 Å². The second kappa shape index (κ2) is 4.37. The van der Waals surface area contributed by atoms with E-state index < -0.39 is 17.2 Å². The summed E-state index contributed by atoms with van der Waals surface area (Å²) in [5.74, 6) is -0.490. The van der Waals surface area contributed by atoms with E-state index in [1.807, 2.05) is 0 Å². The van der Waals surface area contributed by atoms with Crippen LogP contribution in [-0.4, -0.2) is 0 Å². The zero-order valence-corrected chi connectivity index (χ0v) is 10.4. The van der Waals surface area contributed by atoms with Gasteiger partial charge in [0.2, 0.25) is 0 Å². The third-order valence-corrected chi connectivity index (χ3v) is 4.01. The number of hydrogen-bond donors (Lipinski definition) is 1. The summed E-state index contributed by atoms with van der Waals surface area (Å²) in [6.45, 7) is 3.74. The molecule has 94 valence electrons. The van der Waals surface area contributed by atoms with E-state index in [1.54, 1.807) is 6.92 Å². The minimum absolute atomic E-state index is 0.0912. The highest BCUT2D eigenvalue weighted by molar-refractivity contribution is 5.33. The van der Waals surface area contributed by atoms with Crippen molar-refractivity contribution < 1.29 is 8.78 Å². The van der Waals surface area contributed by atoms with Crippen LogP contribution in [0.4, 0.5) is 8.78 Å². The van der Waals surface area contributed by atoms with Crippen LogP contribution in [-0.2, 0) is 5.54 Å². The fraction of sp³-hybridized carbons (Fsp3) is 0.571. The second-order valence-electron chi connectivity index (χ2n) is 5.23. The summed E-state index contributed by atoms with van der Waals surface area (Å²) < 4.78 is 27.9. The molecule has 2 unspecified atom stereocenters. The predicted octanol–water partition coefficient (Wildman–Crippen LogP) is 3.64. The maximum atomic E-state index is 14.1. The Kier molecular flexibility index (Phi) is 3.21. The van der Waals surface area contributed by atoms with Crippen molar-refractivity contribution in [2.75, 3.05) is 0 Å². The number of hydrogen-bond acceptors (Lipinski definition) is 1. The van der Waals surface area contributed by atoms with Crippen molar-refractivity contribution in [3.05, 3.63) is 34.9 Å². The van der Waals surface area contributed by atoms with Crippen molar-refractivity contribution in [3.8, 4) is 0 Å². The predicted molar refractivity (Wildman–Crippen MR) is 64.6 cm³/mol. The van der Waals surface area contributed by atoms with E-state index in [9.17, 15) is 8.78 Å². The van der Waals surface area contributed by atoms with Crippen molar-refractivity contribution >= 4 is 0 Å².